The standard InChI is InChI=1S/C23H24N4O2S/c1-18(28)25-11-13-26(14-12-25)22(29)10-9-20-17-27(16-19-6-3-2-4-7-19)24-23(20)21-8-5-15-30-21/h2-10,15,17H,11-14,16H2,1H3/b10-9+. The Morgan fingerprint density at radius 2 is 1.77 bits per heavy atom. The number of aromatic nitrogens is 2. The van der Waals surface area contributed by atoms with Gasteiger partial charge in [0.1, 0.15) is 5.69 Å². The Morgan fingerprint density at radius 1 is 1.03 bits per heavy atom. The van der Waals surface area contributed by atoms with Crippen LogP contribution in [-0.2, 0) is 16.1 Å². The molecule has 1 aliphatic rings. The number of nitrogens with zero attached hydrogens (tertiary/aromatic N) is 4. The number of carbonyl (C=O) groups excluding carboxylic acids is 2. The van der Waals surface area contributed by atoms with Gasteiger partial charge in [0, 0.05) is 50.9 Å². The van der Waals surface area contributed by atoms with E-state index in [0.29, 0.717) is 32.7 Å². The van der Waals surface area contributed by atoms with E-state index in [2.05, 4.69) is 12.1 Å². The van der Waals surface area contributed by atoms with Gasteiger partial charge in [-0.2, -0.15) is 5.10 Å². The molecule has 7 heteroatoms. The summed E-state index contributed by atoms with van der Waals surface area (Å²) < 4.78 is 1.92. The predicted molar refractivity (Wildman–Crippen MR) is 119 cm³/mol. The van der Waals surface area contributed by atoms with Gasteiger partial charge in [-0.25, -0.2) is 0 Å². The first kappa shape index (κ1) is 20.1. The topological polar surface area (TPSA) is 58.4 Å². The van der Waals surface area contributed by atoms with Crippen LogP contribution >= 0.6 is 11.3 Å². The van der Waals surface area contributed by atoms with Crippen LogP contribution in [0.2, 0.25) is 0 Å². The van der Waals surface area contributed by atoms with Gasteiger partial charge in [0.15, 0.2) is 0 Å². The molecular weight excluding hydrogens is 396 g/mol. The number of benzene rings is 1. The maximum atomic E-state index is 12.7. The number of piperazine rings is 1. The van der Waals surface area contributed by atoms with Crippen molar-refractivity contribution in [1.82, 2.24) is 19.6 Å². The van der Waals surface area contributed by atoms with Crippen molar-refractivity contribution in [1.29, 1.82) is 0 Å². The highest BCUT2D eigenvalue weighted by Crippen LogP contribution is 2.28. The van der Waals surface area contributed by atoms with E-state index in [0.717, 1.165) is 16.1 Å². The van der Waals surface area contributed by atoms with Crippen molar-refractivity contribution in [2.45, 2.75) is 13.5 Å². The summed E-state index contributed by atoms with van der Waals surface area (Å²) in [7, 11) is 0. The first-order valence-corrected chi connectivity index (χ1v) is 10.9. The quantitative estimate of drug-likeness (QED) is 0.595. The van der Waals surface area contributed by atoms with E-state index in [4.69, 9.17) is 5.10 Å². The Bertz CT molecular complexity index is 1030. The molecule has 3 aromatic rings. The fourth-order valence-corrected chi connectivity index (χ4v) is 4.25. The second-order valence-corrected chi connectivity index (χ2v) is 8.21. The molecule has 0 spiro atoms. The molecule has 0 atom stereocenters. The van der Waals surface area contributed by atoms with E-state index in [1.165, 1.54) is 5.56 Å². The Hall–Kier alpha value is -3.19. The van der Waals surface area contributed by atoms with Crippen molar-refractivity contribution >= 4 is 29.2 Å². The van der Waals surface area contributed by atoms with Crippen LogP contribution in [0.25, 0.3) is 16.6 Å². The van der Waals surface area contributed by atoms with Gasteiger partial charge < -0.3 is 9.80 Å². The van der Waals surface area contributed by atoms with Gasteiger partial charge in [0.25, 0.3) is 0 Å². The molecule has 1 aromatic carbocycles. The predicted octanol–water partition coefficient (Wildman–Crippen LogP) is 3.36. The van der Waals surface area contributed by atoms with Crippen molar-refractivity contribution in [3.8, 4) is 10.6 Å². The van der Waals surface area contributed by atoms with Crippen LogP contribution in [0.4, 0.5) is 0 Å². The van der Waals surface area contributed by atoms with E-state index in [9.17, 15) is 9.59 Å². The Morgan fingerprint density at radius 3 is 2.43 bits per heavy atom. The first-order chi connectivity index (χ1) is 14.6. The third kappa shape index (κ3) is 4.68. The molecule has 1 aliphatic heterocycles. The summed E-state index contributed by atoms with van der Waals surface area (Å²) in [5, 5.41) is 6.80. The van der Waals surface area contributed by atoms with E-state index < -0.39 is 0 Å². The van der Waals surface area contributed by atoms with Crippen LogP contribution < -0.4 is 0 Å². The second kappa shape index (κ2) is 9.09. The minimum atomic E-state index is -0.0360. The summed E-state index contributed by atoms with van der Waals surface area (Å²) in [6.45, 7) is 4.54. The zero-order valence-electron chi connectivity index (χ0n) is 16.9. The number of carbonyl (C=O) groups is 2. The van der Waals surface area contributed by atoms with Gasteiger partial charge in [-0.1, -0.05) is 36.4 Å². The third-order valence-corrected chi connectivity index (χ3v) is 6.05. The van der Waals surface area contributed by atoms with Crippen LogP contribution in [-0.4, -0.2) is 57.6 Å². The highest BCUT2D eigenvalue weighted by Gasteiger charge is 2.21. The maximum Gasteiger partial charge on any atom is 0.246 e. The van der Waals surface area contributed by atoms with Crippen LogP contribution in [0.15, 0.2) is 60.1 Å². The number of hydrogen-bond acceptors (Lipinski definition) is 4. The normalized spacial score (nSPS) is 14.4. The highest BCUT2D eigenvalue weighted by molar-refractivity contribution is 7.13. The van der Waals surface area contributed by atoms with Crippen LogP contribution in [0.3, 0.4) is 0 Å². The molecule has 154 valence electrons. The molecule has 4 rings (SSSR count). The van der Waals surface area contributed by atoms with E-state index in [1.54, 1.807) is 34.1 Å². The average molecular weight is 421 g/mol. The zero-order chi connectivity index (χ0) is 20.9. The molecule has 0 radical (unpaired) electrons. The monoisotopic (exact) mass is 420 g/mol. The van der Waals surface area contributed by atoms with Crippen molar-refractivity contribution in [2.75, 3.05) is 26.2 Å². The first-order valence-electron chi connectivity index (χ1n) is 9.98. The van der Waals surface area contributed by atoms with Crippen molar-refractivity contribution in [3.63, 3.8) is 0 Å². The molecule has 1 saturated heterocycles. The fraction of sp³-hybridized carbons (Fsp3) is 0.261. The fourth-order valence-electron chi connectivity index (χ4n) is 3.52. The molecule has 3 heterocycles. The van der Waals surface area contributed by atoms with Gasteiger partial charge in [-0.15, -0.1) is 11.3 Å². The van der Waals surface area contributed by atoms with Crippen molar-refractivity contribution in [3.05, 3.63) is 71.2 Å². The minimum absolute atomic E-state index is 0.0360. The largest absolute Gasteiger partial charge is 0.339 e. The molecule has 30 heavy (non-hydrogen) atoms. The molecular formula is C23H24N4O2S. The summed E-state index contributed by atoms with van der Waals surface area (Å²) in [4.78, 5) is 28.8. The molecule has 0 unspecified atom stereocenters. The molecule has 1 fully saturated rings. The number of thiophene rings is 1. The molecule has 6 nitrogen and oxygen atoms in total. The molecule has 0 N–H and O–H groups in total. The second-order valence-electron chi connectivity index (χ2n) is 7.26. The van der Waals surface area contributed by atoms with Gasteiger partial charge >= 0.3 is 0 Å². The summed E-state index contributed by atoms with van der Waals surface area (Å²) in [5.41, 5.74) is 2.98. The summed E-state index contributed by atoms with van der Waals surface area (Å²) in [6.07, 6.45) is 5.45. The number of rotatable bonds is 5. The zero-order valence-corrected chi connectivity index (χ0v) is 17.7. The van der Waals surface area contributed by atoms with Crippen LogP contribution in [0, 0.1) is 0 Å². The van der Waals surface area contributed by atoms with Gasteiger partial charge in [-0.3, -0.25) is 14.3 Å². The van der Waals surface area contributed by atoms with E-state index in [1.807, 2.05) is 52.7 Å². The highest BCUT2D eigenvalue weighted by atomic mass is 32.1. The average Bonchev–Trinajstić information content (AvgIpc) is 3.42. The number of amides is 2. The molecule has 0 saturated carbocycles. The lowest BCUT2D eigenvalue weighted by atomic mass is 10.2. The van der Waals surface area contributed by atoms with Gasteiger partial charge in [-0.05, 0) is 23.1 Å². The van der Waals surface area contributed by atoms with Crippen molar-refractivity contribution in [2.24, 2.45) is 0 Å². The van der Waals surface area contributed by atoms with E-state index >= 15 is 0 Å². The Balaban J connectivity index is 1.51. The SMILES string of the molecule is CC(=O)N1CCN(C(=O)/C=C/c2cn(Cc3ccccc3)nc2-c2cccs2)CC1. The summed E-state index contributed by atoms with van der Waals surface area (Å²) in [6, 6.07) is 14.2. The lowest BCUT2D eigenvalue weighted by Crippen LogP contribution is -2.49. The van der Waals surface area contributed by atoms with Crippen molar-refractivity contribution < 1.29 is 9.59 Å². The molecule has 2 amide bonds. The summed E-state index contributed by atoms with van der Waals surface area (Å²) >= 11 is 1.63. The smallest absolute Gasteiger partial charge is 0.246 e. The van der Waals surface area contributed by atoms with E-state index in [-0.39, 0.29) is 11.8 Å². The van der Waals surface area contributed by atoms with Gasteiger partial charge in [0.2, 0.25) is 11.8 Å². The maximum absolute atomic E-state index is 12.7. The Kier molecular flexibility index (Phi) is 6.09. The third-order valence-electron chi connectivity index (χ3n) is 5.17. The number of hydrogen-bond donors (Lipinski definition) is 0. The molecule has 2 aromatic heterocycles. The van der Waals surface area contributed by atoms with Crippen LogP contribution in [0.5, 0.6) is 0 Å². The lowest BCUT2D eigenvalue weighted by Gasteiger charge is -2.33. The Labute approximate surface area is 180 Å². The molecule has 0 aliphatic carbocycles. The summed E-state index contributed by atoms with van der Waals surface area (Å²) in [5.74, 6) is 0.0233. The van der Waals surface area contributed by atoms with Gasteiger partial charge in [0.05, 0.1) is 11.4 Å². The molecule has 0 bridgehead atoms. The van der Waals surface area contributed by atoms with Crippen LogP contribution in [0.1, 0.15) is 18.1 Å². The lowest BCUT2D eigenvalue weighted by molar-refractivity contribution is -0.135. The minimum Gasteiger partial charge on any atom is -0.339 e.